The summed E-state index contributed by atoms with van der Waals surface area (Å²) >= 11 is 0. The number of nitrogens with zero attached hydrogens (tertiary/aromatic N) is 3. The third kappa shape index (κ3) is 5.15. The molecule has 34 heavy (non-hydrogen) atoms. The zero-order chi connectivity index (χ0) is 24.3. The van der Waals surface area contributed by atoms with Crippen LogP contribution in [0.15, 0.2) is 60.0 Å². The quantitative estimate of drug-likeness (QED) is 0.678. The molecule has 2 aliphatic heterocycles. The van der Waals surface area contributed by atoms with Crippen LogP contribution in [-0.2, 0) is 19.6 Å². The van der Waals surface area contributed by atoms with E-state index in [1.807, 2.05) is 66.4 Å². The first-order valence-corrected chi connectivity index (χ1v) is 12.9. The number of hydrogen-bond acceptors (Lipinski definition) is 5. The number of carbonyl (C=O) groups is 2. The van der Waals surface area contributed by atoms with Gasteiger partial charge >= 0.3 is 0 Å². The van der Waals surface area contributed by atoms with E-state index in [0.29, 0.717) is 19.5 Å². The number of primary amides is 1. The summed E-state index contributed by atoms with van der Waals surface area (Å²) in [7, 11) is -3.56. The molecule has 0 radical (unpaired) electrons. The van der Waals surface area contributed by atoms with Crippen molar-refractivity contribution in [2.45, 2.75) is 25.3 Å². The van der Waals surface area contributed by atoms with Crippen molar-refractivity contribution in [3.8, 4) is 0 Å². The molecule has 180 valence electrons. The fraction of sp³-hybridized carbons (Fsp3) is 0.360. The van der Waals surface area contributed by atoms with Crippen LogP contribution in [0.5, 0.6) is 0 Å². The number of piperazine rings is 1. The minimum absolute atomic E-state index is 0.0267. The minimum atomic E-state index is -3.56. The first-order valence-electron chi connectivity index (χ1n) is 11.4. The zero-order valence-corrected chi connectivity index (χ0v) is 20.0. The Morgan fingerprint density at radius 1 is 1.00 bits per heavy atom. The fourth-order valence-electron chi connectivity index (χ4n) is 4.64. The first kappa shape index (κ1) is 24.0. The van der Waals surface area contributed by atoms with Crippen LogP contribution in [0.2, 0.25) is 0 Å². The lowest BCUT2D eigenvalue weighted by Gasteiger charge is -2.41. The normalized spacial score (nSPS) is 21.4. The van der Waals surface area contributed by atoms with Crippen molar-refractivity contribution in [1.82, 2.24) is 9.21 Å². The smallest absolute Gasteiger partial charge is 0.242 e. The maximum absolute atomic E-state index is 13.1. The van der Waals surface area contributed by atoms with Crippen LogP contribution in [0.3, 0.4) is 0 Å². The number of para-hydroxylation sites is 1. The maximum atomic E-state index is 13.1. The van der Waals surface area contributed by atoms with Gasteiger partial charge in [-0.2, -0.15) is 4.31 Å². The number of benzene rings is 2. The van der Waals surface area contributed by atoms with E-state index in [-0.39, 0.29) is 43.4 Å². The molecule has 2 N–H and O–H groups in total. The Morgan fingerprint density at radius 2 is 1.65 bits per heavy atom. The maximum Gasteiger partial charge on any atom is 0.242 e. The molecule has 0 aromatic heterocycles. The van der Waals surface area contributed by atoms with E-state index in [4.69, 9.17) is 5.73 Å². The number of amides is 2. The van der Waals surface area contributed by atoms with Crippen LogP contribution < -0.4 is 10.6 Å². The van der Waals surface area contributed by atoms with Crippen molar-refractivity contribution in [3.05, 3.63) is 71.1 Å². The van der Waals surface area contributed by atoms with E-state index >= 15 is 0 Å². The Morgan fingerprint density at radius 3 is 2.32 bits per heavy atom. The van der Waals surface area contributed by atoms with Gasteiger partial charge in [0.1, 0.15) is 0 Å². The van der Waals surface area contributed by atoms with Gasteiger partial charge in [-0.25, -0.2) is 8.42 Å². The molecular weight excluding hydrogens is 452 g/mol. The average Bonchev–Trinajstić information content (AvgIpc) is 2.85. The Hall–Kier alpha value is -3.17. The van der Waals surface area contributed by atoms with Crippen molar-refractivity contribution in [1.29, 1.82) is 0 Å². The summed E-state index contributed by atoms with van der Waals surface area (Å²) in [6, 6.07) is 16.8. The highest BCUT2D eigenvalue weighted by molar-refractivity contribution is 7.92. The molecule has 8 nitrogen and oxygen atoms in total. The molecule has 2 unspecified atom stereocenters. The zero-order valence-electron chi connectivity index (χ0n) is 19.2. The number of carbonyl (C=O) groups excluding carboxylic acids is 2. The number of rotatable bonds is 6. The van der Waals surface area contributed by atoms with Gasteiger partial charge in [-0.05, 0) is 36.6 Å². The highest BCUT2D eigenvalue weighted by Crippen LogP contribution is 2.38. The predicted molar refractivity (Wildman–Crippen MR) is 132 cm³/mol. The highest BCUT2D eigenvalue weighted by atomic mass is 32.2. The van der Waals surface area contributed by atoms with E-state index in [0.717, 1.165) is 16.8 Å². The van der Waals surface area contributed by atoms with Crippen molar-refractivity contribution in [3.63, 3.8) is 0 Å². The third-order valence-electron chi connectivity index (χ3n) is 6.56. The largest absolute Gasteiger partial charge is 0.369 e. The molecule has 2 atom stereocenters. The second-order valence-corrected chi connectivity index (χ2v) is 10.6. The van der Waals surface area contributed by atoms with E-state index in [1.165, 1.54) is 9.71 Å². The van der Waals surface area contributed by atoms with Crippen LogP contribution in [0.4, 0.5) is 5.69 Å². The summed E-state index contributed by atoms with van der Waals surface area (Å²) in [6.07, 6.45) is 2.14. The van der Waals surface area contributed by atoms with Crippen LogP contribution >= 0.6 is 0 Å². The average molecular weight is 483 g/mol. The van der Waals surface area contributed by atoms with Crippen molar-refractivity contribution >= 4 is 33.6 Å². The summed E-state index contributed by atoms with van der Waals surface area (Å²) in [4.78, 5) is 28.8. The topological polar surface area (TPSA) is 104 Å². The van der Waals surface area contributed by atoms with Crippen molar-refractivity contribution < 1.29 is 18.0 Å². The van der Waals surface area contributed by atoms with Crippen molar-refractivity contribution in [2.24, 2.45) is 5.73 Å². The molecule has 2 aromatic carbocycles. The van der Waals surface area contributed by atoms with Crippen LogP contribution in [0, 0.1) is 0 Å². The van der Waals surface area contributed by atoms with Gasteiger partial charge in [-0.3, -0.25) is 9.59 Å². The van der Waals surface area contributed by atoms with Gasteiger partial charge in [0.2, 0.25) is 21.8 Å². The lowest BCUT2D eigenvalue weighted by atomic mass is 9.85. The molecule has 1 fully saturated rings. The standard InChI is InChI=1S/C25H30N4O4S/c1-19-17-22(25(26)31)21-9-5-6-10-23(21)29(19)18-24(30)27-12-14-28(15-13-27)34(32,33)16-11-20-7-3-2-4-8-20/h2-11,16,19,22H,12-15,17-18H2,1H3,(H2,26,31)/b16-11+. The van der Waals surface area contributed by atoms with Crippen LogP contribution in [0.1, 0.15) is 30.4 Å². The molecule has 0 bridgehead atoms. The van der Waals surface area contributed by atoms with Gasteiger partial charge < -0.3 is 15.5 Å². The Labute approximate surface area is 200 Å². The van der Waals surface area contributed by atoms with Crippen molar-refractivity contribution in [2.75, 3.05) is 37.6 Å². The van der Waals surface area contributed by atoms with Gasteiger partial charge in [-0.1, -0.05) is 48.5 Å². The molecule has 2 aliphatic rings. The lowest BCUT2D eigenvalue weighted by Crippen LogP contribution is -2.53. The first-order chi connectivity index (χ1) is 16.3. The molecular formula is C25H30N4O4S. The second-order valence-electron chi connectivity index (χ2n) is 8.76. The summed E-state index contributed by atoms with van der Waals surface area (Å²) in [6.45, 7) is 3.34. The van der Waals surface area contributed by atoms with E-state index in [9.17, 15) is 18.0 Å². The highest BCUT2D eigenvalue weighted by Gasteiger charge is 2.35. The van der Waals surface area contributed by atoms with Gasteiger partial charge in [0.15, 0.2) is 0 Å². The predicted octanol–water partition coefficient (Wildman–Crippen LogP) is 2.00. The molecule has 0 saturated carbocycles. The Bertz CT molecular complexity index is 1170. The molecule has 0 spiro atoms. The van der Waals surface area contributed by atoms with Gasteiger partial charge in [0.05, 0.1) is 12.5 Å². The second kappa shape index (κ2) is 9.99. The molecule has 1 saturated heterocycles. The summed E-state index contributed by atoms with van der Waals surface area (Å²) in [5.41, 5.74) is 8.14. The number of nitrogens with two attached hydrogens (primary N) is 1. The number of sulfonamides is 1. The minimum Gasteiger partial charge on any atom is -0.369 e. The third-order valence-corrected chi connectivity index (χ3v) is 8.13. The summed E-state index contributed by atoms with van der Waals surface area (Å²) < 4.78 is 26.8. The van der Waals surface area contributed by atoms with E-state index in [1.54, 1.807) is 11.0 Å². The van der Waals surface area contributed by atoms with Crippen LogP contribution in [0.25, 0.3) is 6.08 Å². The number of hydrogen-bond donors (Lipinski definition) is 1. The van der Waals surface area contributed by atoms with Gasteiger partial charge in [0, 0.05) is 43.3 Å². The van der Waals surface area contributed by atoms with Gasteiger partial charge in [0.25, 0.3) is 0 Å². The number of fused-ring (bicyclic) bond motifs is 1. The fourth-order valence-corrected chi connectivity index (χ4v) is 5.81. The molecule has 9 heteroatoms. The van der Waals surface area contributed by atoms with Crippen LogP contribution in [-0.4, -0.2) is 68.2 Å². The van der Waals surface area contributed by atoms with E-state index < -0.39 is 10.0 Å². The molecule has 0 aliphatic carbocycles. The molecule has 2 amide bonds. The number of anilines is 1. The van der Waals surface area contributed by atoms with E-state index in [2.05, 4.69) is 0 Å². The molecule has 2 aromatic rings. The lowest BCUT2D eigenvalue weighted by molar-refractivity contribution is -0.131. The van der Waals surface area contributed by atoms with Gasteiger partial charge in [-0.15, -0.1) is 0 Å². The summed E-state index contributed by atoms with van der Waals surface area (Å²) in [5, 5.41) is 1.22. The monoisotopic (exact) mass is 482 g/mol. The Kier molecular flexibility index (Phi) is 7.04. The molecule has 2 heterocycles. The SMILES string of the molecule is CC1CC(C(N)=O)c2ccccc2N1CC(=O)N1CCN(S(=O)(=O)/C=C/c2ccccc2)CC1. The summed E-state index contributed by atoms with van der Waals surface area (Å²) in [5.74, 6) is -0.782. The molecule has 4 rings (SSSR count). The Balaban J connectivity index is 1.39.